The van der Waals surface area contributed by atoms with Crippen LogP contribution in [0.15, 0.2) is 24.3 Å². The average Bonchev–Trinajstić information content (AvgIpc) is 3.26. The SMILES string of the molecule is CC(NC(=O)CNCC1CC1)c1ccc(N2CCCC2=O)cc1. The van der Waals surface area contributed by atoms with Crippen molar-refractivity contribution in [2.75, 3.05) is 24.5 Å². The largest absolute Gasteiger partial charge is 0.348 e. The summed E-state index contributed by atoms with van der Waals surface area (Å²) in [6, 6.07) is 7.88. The molecule has 1 saturated carbocycles. The Kier molecular flexibility index (Phi) is 4.96. The van der Waals surface area contributed by atoms with Gasteiger partial charge in [0.15, 0.2) is 0 Å². The van der Waals surface area contributed by atoms with E-state index in [1.807, 2.05) is 36.1 Å². The first-order valence-electron chi connectivity index (χ1n) is 8.54. The van der Waals surface area contributed by atoms with Crippen molar-refractivity contribution in [3.05, 3.63) is 29.8 Å². The summed E-state index contributed by atoms with van der Waals surface area (Å²) in [6.07, 6.45) is 4.15. The molecule has 124 valence electrons. The lowest BCUT2D eigenvalue weighted by atomic mass is 10.1. The van der Waals surface area contributed by atoms with Gasteiger partial charge < -0.3 is 15.5 Å². The number of rotatable bonds is 7. The number of nitrogens with zero attached hydrogens (tertiary/aromatic N) is 1. The van der Waals surface area contributed by atoms with Gasteiger partial charge in [0.25, 0.3) is 0 Å². The highest BCUT2D eigenvalue weighted by molar-refractivity contribution is 5.95. The number of hydrogen-bond acceptors (Lipinski definition) is 3. The zero-order valence-corrected chi connectivity index (χ0v) is 13.7. The topological polar surface area (TPSA) is 61.4 Å². The Morgan fingerprint density at radius 1 is 1.30 bits per heavy atom. The molecule has 2 fully saturated rings. The van der Waals surface area contributed by atoms with Gasteiger partial charge in [-0.3, -0.25) is 9.59 Å². The van der Waals surface area contributed by atoms with Crippen molar-refractivity contribution < 1.29 is 9.59 Å². The first-order valence-corrected chi connectivity index (χ1v) is 8.54. The molecule has 5 nitrogen and oxygen atoms in total. The van der Waals surface area contributed by atoms with Crippen LogP contribution in [0.25, 0.3) is 0 Å². The molecule has 2 amide bonds. The van der Waals surface area contributed by atoms with Crippen LogP contribution in [0.1, 0.15) is 44.2 Å². The Bertz CT molecular complexity index is 566. The number of anilines is 1. The summed E-state index contributed by atoms with van der Waals surface area (Å²) in [4.78, 5) is 25.5. The van der Waals surface area contributed by atoms with Gasteiger partial charge in [0.2, 0.25) is 11.8 Å². The summed E-state index contributed by atoms with van der Waals surface area (Å²) >= 11 is 0. The lowest BCUT2D eigenvalue weighted by Gasteiger charge is -2.18. The van der Waals surface area contributed by atoms with E-state index in [1.54, 1.807) is 0 Å². The van der Waals surface area contributed by atoms with Gasteiger partial charge in [0, 0.05) is 18.7 Å². The molecule has 23 heavy (non-hydrogen) atoms. The van der Waals surface area contributed by atoms with E-state index in [0.29, 0.717) is 13.0 Å². The number of nitrogens with one attached hydrogen (secondary N) is 2. The molecular formula is C18H25N3O2. The van der Waals surface area contributed by atoms with Gasteiger partial charge in [-0.25, -0.2) is 0 Å². The van der Waals surface area contributed by atoms with E-state index in [2.05, 4.69) is 10.6 Å². The van der Waals surface area contributed by atoms with Crippen LogP contribution in [-0.4, -0.2) is 31.4 Å². The summed E-state index contributed by atoms with van der Waals surface area (Å²) in [7, 11) is 0. The first-order chi connectivity index (χ1) is 11.1. The number of carbonyl (C=O) groups is 2. The van der Waals surface area contributed by atoms with Crippen molar-refractivity contribution in [3.63, 3.8) is 0 Å². The third kappa shape index (κ3) is 4.32. The standard InChI is InChI=1S/C18H25N3O2/c1-13(20-17(22)12-19-11-14-4-5-14)15-6-8-16(9-7-15)21-10-2-3-18(21)23/h6-9,13-14,19H,2-5,10-12H2,1H3,(H,20,22). The molecule has 2 N–H and O–H groups in total. The second-order valence-corrected chi connectivity index (χ2v) is 6.60. The van der Waals surface area contributed by atoms with Crippen molar-refractivity contribution >= 4 is 17.5 Å². The van der Waals surface area contributed by atoms with Crippen LogP contribution < -0.4 is 15.5 Å². The fourth-order valence-corrected chi connectivity index (χ4v) is 2.95. The van der Waals surface area contributed by atoms with Crippen molar-refractivity contribution in [3.8, 4) is 0 Å². The molecule has 1 aromatic carbocycles. The summed E-state index contributed by atoms with van der Waals surface area (Å²) in [5, 5.41) is 6.20. The maximum Gasteiger partial charge on any atom is 0.234 e. The van der Waals surface area contributed by atoms with Crippen LogP contribution in [0, 0.1) is 5.92 Å². The third-order valence-electron chi connectivity index (χ3n) is 4.57. The number of carbonyl (C=O) groups excluding carboxylic acids is 2. The average molecular weight is 315 g/mol. The van der Waals surface area contributed by atoms with Crippen LogP contribution in [0.3, 0.4) is 0 Å². The molecule has 0 aromatic heterocycles. The van der Waals surface area contributed by atoms with Crippen LogP contribution >= 0.6 is 0 Å². The minimum Gasteiger partial charge on any atom is -0.348 e. The van der Waals surface area contributed by atoms with Gasteiger partial charge in [-0.1, -0.05) is 12.1 Å². The molecule has 1 atom stereocenters. The van der Waals surface area contributed by atoms with Gasteiger partial charge in [0.05, 0.1) is 12.6 Å². The number of benzene rings is 1. The molecule has 3 rings (SSSR count). The molecule has 1 aliphatic heterocycles. The Balaban J connectivity index is 1.49. The highest BCUT2D eigenvalue weighted by Crippen LogP contribution is 2.27. The highest BCUT2D eigenvalue weighted by Gasteiger charge is 2.22. The van der Waals surface area contributed by atoms with Gasteiger partial charge >= 0.3 is 0 Å². The van der Waals surface area contributed by atoms with Crippen molar-refractivity contribution in [2.24, 2.45) is 5.92 Å². The molecule has 1 aliphatic carbocycles. The van der Waals surface area contributed by atoms with E-state index in [0.717, 1.165) is 36.7 Å². The molecule has 1 heterocycles. The Morgan fingerprint density at radius 2 is 2.04 bits per heavy atom. The van der Waals surface area contributed by atoms with Crippen LogP contribution in [0.2, 0.25) is 0 Å². The zero-order valence-electron chi connectivity index (χ0n) is 13.7. The van der Waals surface area contributed by atoms with Crippen molar-refractivity contribution in [2.45, 2.75) is 38.6 Å². The van der Waals surface area contributed by atoms with E-state index < -0.39 is 0 Å². The maximum atomic E-state index is 11.9. The molecule has 1 saturated heterocycles. The number of amides is 2. The molecule has 5 heteroatoms. The third-order valence-corrected chi connectivity index (χ3v) is 4.57. The lowest BCUT2D eigenvalue weighted by Crippen LogP contribution is -2.36. The van der Waals surface area contributed by atoms with E-state index >= 15 is 0 Å². The van der Waals surface area contributed by atoms with Crippen LogP contribution in [-0.2, 0) is 9.59 Å². The number of hydrogen-bond donors (Lipinski definition) is 2. The van der Waals surface area contributed by atoms with E-state index in [-0.39, 0.29) is 17.9 Å². The second kappa shape index (κ2) is 7.13. The minimum absolute atomic E-state index is 0.0250. The van der Waals surface area contributed by atoms with E-state index in [1.165, 1.54) is 12.8 Å². The van der Waals surface area contributed by atoms with E-state index in [9.17, 15) is 9.59 Å². The molecule has 1 unspecified atom stereocenters. The minimum atomic E-state index is -0.0337. The van der Waals surface area contributed by atoms with E-state index in [4.69, 9.17) is 0 Å². The lowest BCUT2D eigenvalue weighted by molar-refractivity contribution is -0.121. The normalized spacial score (nSPS) is 19.0. The quantitative estimate of drug-likeness (QED) is 0.809. The highest BCUT2D eigenvalue weighted by atomic mass is 16.2. The Labute approximate surface area is 137 Å². The van der Waals surface area contributed by atoms with Crippen LogP contribution in [0.5, 0.6) is 0 Å². The summed E-state index contributed by atoms with van der Waals surface area (Å²) in [5.41, 5.74) is 2.00. The van der Waals surface area contributed by atoms with Gasteiger partial charge in [-0.2, -0.15) is 0 Å². The molecule has 0 spiro atoms. The second-order valence-electron chi connectivity index (χ2n) is 6.60. The summed E-state index contributed by atoms with van der Waals surface area (Å²) in [6.45, 7) is 4.10. The van der Waals surface area contributed by atoms with Crippen molar-refractivity contribution in [1.82, 2.24) is 10.6 Å². The zero-order chi connectivity index (χ0) is 16.2. The molecule has 1 aromatic rings. The molecule has 0 bridgehead atoms. The summed E-state index contributed by atoms with van der Waals surface area (Å²) < 4.78 is 0. The van der Waals surface area contributed by atoms with Gasteiger partial charge in [-0.05, 0) is 56.3 Å². The first kappa shape index (κ1) is 16.0. The fourth-order valence-electron chi connectivity index (χ4n) is 2.95. The van der Waals surface area contributed by atoms with Crippen LogP contribution in [0.4, 0.5) is 5.69 Å². The monoisotopic (exact) mass is 315 g/mol. The van der Waals surface area contributed by atoms with Crippen molar-refractivity contribution in [1.29, 1.82) is 0 Å². The Morgan fingerprint density at radius 3 is 2.65 bits per heavy atom. The predicted molar refractivity (Wildman–Crippen MR) is 90.2 cm³/mol. The smallest absolute Gasteiger partial charge is 0.234 e. The Hall–Kier alpha value is -1.88. The maximum absolute atomic E-state index is 11.9. The van der Waals surface area contributed by atoms with Gasteiger partial charge in [-0.15, -0.1) is 0 Å². The fraction of sp³-hybridized carbons (Fsp3) is 0.556. The predicted octanol–water partition coefficient (Wildman–Crippen LogP) is 1.99. The molecule has 2 aliphatic rings. The molecular weight excluding hydrogens is 290 g/mol. The molecule has 0 radical (unpaired) electrons. The summed E-state index contributed by atoms with van der Waals surface area (Å²) in [5.74, 6) is 0.999. The van der Waals surface area contributed by atoms with Gasteiger partial charge in [0.1, 0.15) is 0 Å².